The van der Waals surface area contributed by atoms with E-state index in [1.165, 1.54) is 43.4 Å². The van der Waals surface area contributed by atoms with E-state index in [1.54, 1.807) is 7.11 Å². The number of hydrogen-bond donors (Lipinski definition) is 1. The van der Waals surface area contributed by atoms with Crippen molar-refractivity contribution in [3.05, 3.63) is 35.4 Å². The molecule has 2 fully saturated rings. The molecule has 1 aliphatic heterocycles. The number of nitrogens with one attached hydrogen (secondary N) is 1. The van der Waals surface area contributed by atoms with Gasteiger partial charge in [0.25, 0.3) is 0 Å². The third-order valence-electron chi connectivity index (χ3n) is 4.88. The van der Waals surface area contributed by atoms with Crippen LogP contribution in [0, 0.1) is 5.92 Å². The molecule has 116 valence electrons. The number of ether oxygens (including phenoxy) is 1. The Hall–Kier alpha value is -0.900. The summed E-state index contributed by atoms with van der Waals surface area (Å²) < 4.78 is 5.31. The Morgan fingerprint density at radius 1 is 1.29 bits per heavy atom. The zero-order chi connectivity index (χ0) is 14.7. The van der Waals surface area contributed by atoms with E-state index < -0.39 is 0 Å². The Labute approximate surface area is 128 Å². The van der Waals surface area contributed by atoms with Gasteiger partial charge < -0.3 is 10.1 Å². The molecule has 1 aliphatic carbocycles. The molecule has 1 N–H and O–H groups in total. The van der Waals surface area contributed by atoms with Crippen LogP contribution >= 0.6 is 0 Å². The third kappa shape index (κ3) is 3.47. The van der Waals surface area contributed by atoms with Crippen LogP contribution < -0.4 is 5.32 Å². The summed E-state index contributed by atoms with van der Waals surface area (Å²) >= 11 is 0. The number of piperidine rings is 1. The number of rotatable bonds is 6. The zero-order valence-electron chi connectivity index (χ0n) is 13.3. The highest BCUT2D eigenvalue weighted by molar-refractivity contribution is 5.27. The van der Waals surface area contributed by atoms with Crippen LogP contribution in [0.25, 0.3) is 0 Å². The third-order valence-corrected chi connectivity index (χ3v) is 4.88. The summed E-state index contributed by atoms with van der Waals surface area (Å²) in [7, 11) is 3.85. The van der Waals surface area contributed by atoms with Crippen molar-refractivity contribution in [3.63, 3.8) is 0 Å². The van der Waals surface area contributed by atoms with Crippen LogP contribution in [0.2, 0.25) is 0 Å². The minimum Gasteiger partial charge on any atom is -0.380 e. The van der Waals surface area contributed by atoms with E-state index in [1.807, 2.05) is 0 Å². The molecule has 21 heavy (non-hydrogen) atoms. The lowest BCUT2D eigenvalue weighted by atomic mass is 9.84. The van der Waals surface area contributed by atoms with E-state index >= 15 is 0 Å². The lowest BCUT2D eigenvalue weighted by Gasteiger charge is -2.42. The average Bonchev–Trinajstić information content (AvgIpc) is 3.33. The van der Waals surface area contributed by atoms with Crippen molar-refractivity contribution in [1.82, 2.24) is 10.2 Å². The molecule has 1 aromatic rings. The molecule has 2 aliphatic rings. The van der Waals surface area contributed by atoms with Crippen LogP contribution in [-0.4, -0.2) is 38.2 Å². The van der Waals surface area contributed by atoms with Crippen LogP contribution in [0.4, 0.5) is 0 Å². The van der Waals surface area contributed by atoms with Gasteiger partial charge in [0, 0.05) is 19.2 Å². The summed E-state index contributed by atoms with van der Waals surface area (Å²) in [5.74, 6) is 0.724. The van der Waals surface area contributed by atoms with Crippen LogP contribution in [0.1, 0.15) is 42.9 Å². The van der Waals surface area contributed by atoms with Crippen molar-refractivity contribution in [1.29, 1.82) is 0 Å². The van der Waals surface area contributed by atoms with Crippen molar-refractivity contribution in [2.75, 3.05) is 27.2 Å². The molecular weight excluding hydrogens is 260 g/mol. The van der Waals surface area contributed by atoms with Crippen molar-refractivity contribution >= 4 is 0 Å². The average molecular weight is 288 g/mol. The fraction of sp³-hybridized carbons (Fsp3) is 0.667. The predicted octanol–water partition coefficient (Wildman–Crippen LogP) is 2.97. The number of hydrogen-bond acceptors (Lipinski definition) is 3. The first-order valence-electron chi connectivity index (χ1n) is 8.31. The molecule has 0 bridgehead atoms. The van der Waals surface area contributed by atoms with E-state index in [0.29, 0.717) is 12.6 Å². The molecule has 2 atom stereocenters. The van der Waals surface area contributed by atoms with Gasteiger partial charge in [-0.15, -0.1) is 0 Å². The Balaban J connectivity index is 1.86. The highest BCUT2D eigenvalue weighted by atomic mass is 16.5. The maximum Gasteiger partial charge on any atom is 0.0713 e. The molecular formula is C18H28N2O. The van der Waals surface area contributed by atoms with E-state index in [2.05, 4.69) is 41.5 Å². The van der Waals surface area contributed by atoms with Crippen molar-refractivity contribution in [3.8, 4) is 0 Å². The zero-order valence-corrected chi connectivity index (χ0v) is 13.3. The topological polar surface area (TPSA) is 24.5 Å². The summed E-state index contributed by atoms with van der Waals surface area (Å²) in [6, 6.07) is 10.4. The Morgan fingerprint density at radius 3 is 2.86 bits per heavy atom. The lowest BCUT2D eigenvalue weighted by molar-refractivity contribution is 0.0843. The minimum atomic E-state index is 0.579. The molecule has 3 heteroatoms. The van der Waals surface area contributed by atoms with Gasteiger partial charge in [-0.05, 0) is 62.9 Å². The van der Waals surface area contributed by atoms with Gasteiger partial charge in [-0.3, -0.25) is 4.90 Å². The number of likely N-dealkylation sites (tertiary alicyclic amines) is 1. The minimum absolute atomic E-state index is 0.579. The van der Waals surface area contributed by atoms with Crippen LogP contribution in [0.3, 0.4) is 0 Å². The van der Waals surface area contributed by atoms with Crippen molar-refractivity contribution in [2.45, 2.75) is 44.4 Å². The molecule has 0 radical (unpaired) electrons. The van der Waals surface area contributed by atoms with Gasteiger partial charge in [0.15, 0.2) is 0 Å². The normalized spacial score (nSPS) is 27.0. The summed E-state index contributed by atoms with van der Waals surface area (Å²) in [5, 5.41) is 3.41. The van der Waals surface area contributed by atoms with Gasteiger partial charge in [0.2, 0.25) is 0 Å². The molecule has 1 saturated carbocycles. The molecule has 1 saturated heterocycles. The van der Waals surface area contributed by atoms with Gasteiger partial charge in [0.1, 0.15) is 0 Å². The van der Waals surface area contributed by atoms with Gasteiger partial charge >= 0.3 is 0 Å². The van der Waals surface area contributed by atoms with E-state index in [0.717, 1.165) is 18.5 Å². The van der Waals surface area contributed by atoms with Crippen LogP contribution in [0.15, 0.2) is 24.3 Å². The van der Waals surface area contributed by atoms with E-state index in [4.69, 9.17) is 4.74 Å². The molecule has 1 aromatic carbocycles. The van der Waals surface area contributed by atoms with E-state index in [-0.39, 0.29) is 0 Å². The fourth-order valence-electron chi connectivity index (χ4n) is 3.89. The first-order valence-corrected chi connectivity index (χ1v) is 8.31. The Kier molecular flexibility index (Phi) is 4.94. The molecule has 0 amide bonds. The van der Waals surface area contributed by atoms with Crippen molar-refractivity contribution in [2.24, 2.45) is 5.92 Å². The quantitative estimate of drug-likeness (QED) is 0.871. The lowest BCUT2D eigenvalue weighted by Crippen LogP contribution is -2.43. The molecule has 0 aromatic heterocycles. The maximum absolute atomic E-state index is 5.31. The summed E-state index contributed by atoms with van der Waals surface area (Å²) in [4.78, 5) is 2.78. The second-order valence-corrected chi connectivity index (χ2v) is 6.55. The standard InChI is InChI=1S/C18H28N2O/c1-19-12-16-7-4-10-20(17-8-9-17)18(16)15-6-3-5-14(11-15)13-21-2/h3,5-6,11,16-19H,4,7-10,12-13H2,1-2H3. The first-order chi connectivity index (χ1) is 10.3. The largest absolute Gasteiger partial charge is 0.380 e. The highest BCUT2D eigenvalue weighted by Crippen LogP contribution is 2.42. The molecule has 1 heterocycles. The smallest absolute Gasteiger partial charge is 0.0713 e. The monoisotopic (exact) mass is 288 g/mol. The first kappa shape index (κ1) is 15.0. The molecule has 2 unspecified atom stereocenters. The summed E-state index contributed by atoms with van der Waals surface area (Å²) in [5.41, 5.74) is 2.77. The highest BCUT2D eigenvalue weighted by Gasteiger charge is 2.40. The SMILES string of the molecule is CNCC1CCCN(C2CC2)C1c1cccc(COC)c1. The second kappa shape index (κ2) is 6.91. The van der Waals surface area contributed by atoms with Crippen LogP contribution in [0.5, 0.6) is 0 Å². The maximum atomic E-state index is 5.31. The summed E-state index contributed by atoms with van der Waals surface area (Å²) in [6.45, 7) is 3.09. The van der Waals surface area contributed by atoms with Gasteiger partial charge in [-0.2, -0.15) is 0 Å². The number of benzene rings is 1. The van der Waals surface area contributed by atoms with Gasteiger partial charge in [-0.1, -0.05) is 24.3 Å². The molecule has 0 spiro atoms. The molecule has 3 nitrogen and oxygen atoms in total. The second-order valence-electron chi connectivity index (χ2n) is 6.55. The van der Waals surface area contributed by atoms with E-state index in [9.17, 15) is 0 Å². The van der Waals surface area contributed by atoms with Gasteiger partial charge in [0.05, 0.1) is 6.61 Å². The Bertz CT molecular complexity index is 456. The van der Waals surface area contributed by atoms with Crippen LogP contribution in [-0.2, 0) is 11.3 Å². The van der Waals surface area contributed by atoms with Gasteiger partial charge in [-0.25, -0.2) is 0 Å². The Morgan fingerprint density at radius 2 is 2.14 bits per heavy atom. The van der Waals surface area contributed by atoms with Crippen molar-refractivity contribution < 1.29 is 4.74 Å². The summed E-state index contributed by atoms with van der Waals surface area (Å²) in [6.07, 6.45) is 5.46. The fourth-order valence-corrected chi connectivity index (χ4v) is 3.89. The number of methoxy groups -OCH3 is 1. The number of nitrogens with zero attached hydrogens (tertiary/aromatic N) is 1. The molecule has 3 rings (SSSR count). The predicted molar refractivity (Wildman–Crippen MR) is 86.3 cm³/mol.